The summed E-state index contributed by atoms with van der Waals surface area (Å²) in [5, 5.41) is 5.91. The highest BCUT2D eigenvalue weighted by molar-refractivity contribution is 5.94. The first-order valence-electron chi connectivity index (χ1n) is 10.9. The Kier molecular flexibility index (Phi) is 8.29. The van der Waals surface area contributed by atoms with Gasteiger partial charge in [0.25, 0.3) is 0 Å². The molecule has 0 aliphatic carbocycles. The van der Waals surface area contributed by atoms with Crippen molar-refractivity contribution in [1.29, 1.82) is 0 Å². The topological polar surface area (TPSA) is 79.9 Å². The van der Waals surface area contributed by atoms with Crippen LogP contribution in [0.2, 0.25) is 0 Å². The van der Waals surface area contributed by atoms with E-state index in [1.54, 1.807) is 12.1 Å². The standard InChI is InChI=1S/C24H31N3O4/c1-3-30-20-10-11-22(31-4-2)21(16-20)26-23(28)17-27-14-12-18(13-15-27)24(29)25-19-8-6-5-7-9-19/h5-11,16,18H,3-4,12-15,17H2,1-2H3,(H,25,29)(H,26,28). The number of likely N-dealkylation sites (tertiary alicyclic amines) is 1. The second kappa shape index (κ2) is 11.4. The summed E-state index contributed by atoms with van der Waals surface area (Å²) in [7, 11) is 0. The maximum Gasteiger partial charge on any atom is 0.238 e. The van der Waals surface area contributed by atoms with E-state index in [1.165, 1.54) is 0 Å². The van der Waals surface area contributed by atoms with E-state index in [-0.39, 0.29) is 24.3 Å². The molecule has 0 saturated carbocycles. The van der Waals surface area contributed by atoms with Gasteiger partial charge < -0.3 is 20.1 Å². The van der Waals surface area contributed by atoms with Crippen LogP contribution in [0.1, 0.15) is 26.7 Å². The highest BCUT2D eigenvalue weighted by atomic mass is 16.5. The van der Waals surface area contributed by atoms with E-state index in [2.05, 4.69) is 15.5 Å². The summed E-state index contributed by atoms with van der Waals surface area (Å²) < 4.78 is 11.2. The average molecular weight is 426 g/mol. The Morgan fingerprint density at radius 2 is 1.68 bits per heavy atom. The quantitative estimate of drug-likeness (QED) is 0.639. The number of carbonyl (C=O) groups is 2. The first-order chi connectivity index (χ1) is 15.1. The van der Waals surface area contributed by atoms with Crippen LogP contribution >= 0.6 is 0 Å². The van der Waals surface area contributed by atoms with Crippen molar-refractivity contribution in [3.05, 3.63) is 48.5 Å². The van der Waals surface area contributed by atoms with E-state index in [0.717, 1.165) is 18.5 Å². The predicted octanol–water partition coefficient (Wildman–Crippen LogP) is 3.77. The first-order valence-corrected chi connectivity index (χ1v) is 10.9. The summed E-state index contributed by atoms with van der Waals surface area (Å²) in [6.45, 7) is 6.56. The number of rotatable bonds is 9. The number of amides is 2. The zero-order chi connectivity index (χ0) is 22.1. The van der Waals surface area contributed by atoms with Crippen LogP contribution in [0.4, 0.5) is 11.4 Å². The minimum absolute atomic E-state index is 0.0352. The zero-order valence-electron chi connectivity index (χ0n) is 18.2. The normalized spacial score (nSPS) is 14.6. The maximum atomic E-state index is 12.6. The fourth-order valence-electron chi connectivity index (χ4n) is 3.66. The summed E-state index contributed by atoms with van der Waals surface area (Å²) >= 11 is 0. The number of carbonyl (C=O) groups excluding carboxylic acids is 2. The van der Waals surface area contributed by atoms with Crippen LogP contribution in [0, 0.1) is 5.92 Å². The fourth-order valence-corrected chi connectivity index (χ4v) is 3.66. The van der Waals surface area contributed by atoms with Gasteiger partial charge in [0.05, 0.1) is 25.4 Å². The number of nitrogens with one attached hydrogen (secondary N) is 2. The van der Waals surface area contributed by atoms with Crippen molar-refractivity contribution in [2.75, 3.05) is 43.5 Å². The SMILES string of the molecule is CCOc1ccc(OCC)c(NC(=O)CN2CCC(C(=O)Nc3ccccc3)CC2)c1. The van der Waals surface area contributed by atoms with Crippen LogP contribution in [-0.2, 0) is 9.59 Å². The third-order valence-corrected chi connectivity index (χ3v) is 5.20. The summed E-state index contributed by atoms with van der Waals surface area (Å²) in [4.78, 5) is 27.2. The highest BCUT2D eigenvalue weighted by Crippen LogP contribution is 2.29. The third-order valence-electron chi connectivity index (χ3n) is 5.20. The van der Waals surface area contributed by atoms with Crippen LogP contribution in [0.25, 0.3) is 0 Å². The molecule has 0 bridgehead atoms. The molecular weight excluding hydrogens is 394 g/mol. The van der Waals surface area contributed by atoms with Crippen molar-refractivity contribution in [3.63, 3.8) is 0 Å². The van der Waals surface area contributed by atoms with Crippen molar-refractivity contribution in [2.45, 2.75) is 26.7 Å². The average Bonchev–Trinajstić information content (AvgIpc) is 2.77. The number of nitrogens with zero attached hydrogens (tertiary/aromatic N) is 1. The van der Waals surface area contributed by atoms with Gasteiger partial charge >= 0.3 is 0 Å². The molecule has 2 N–H and O–H groups in total. The molecule has 2 amide bonds. The minimum atomic E-state index is -0.109. The first kappa shape index (κ1) is 22.6. The molecule has 0 aromatic heterocycles. The number of para-hydroxylation sites is 1. The van der Waals surface area contributed by atoms with Gasteiger partial charge in [0.1, 0.15) is 11.5 Å². The van der Waals surface area contributed by atoms with Gasteiger partial charge in [-0.25, -0.2) is 0 Å². The predicted molar refractivity (Wildman–Crippen MR) is 122 cm³/mol. The van der Waals surface area contributed by atoms with Gasteiger partial charge in [-0.15, -0.1) is 0 Å². The van der Waals surface area contributed by atoms with E-state index in [1.807, 2.05) is 50.2 Å². The Bertz CT molecular complexity index is 864. The van der Waals surface area contributed by atoms with Crippen LogP contribution in [-0.4, -0.2) is 49.6 Å². The second-order valence-corrected chi connectivity index (χ2v) is 7.48. The Balaban J connectivity index is 1.50. The lowest BCUT2D eigenvalue weighted by molar-refractivity contribution is -0.121. The van der Waals surface area contributed by atoms with Gasteiger partial charge in [0.2, 0.25) is 11.8 Å². The van der Waals surface area contributed by atoms with Gasteiger partial charge in [-0.2, -0.15) is 0 Å². The lowest BCUT2D eigenvalue weighted by Gasteiger charge is -2.30. The van der Waals surface area contributed by atoms with Gasteiger partial charge in [0.15, 0.2) is 0 Å². The lowest BCUT2D eigenvalue weighted by Crippen LogP contribution is -2.41. The van der Waals surface area contributed by atoms with Crippen LogP contribution in [0.3, 0.4) is 0 Å². The Labute approximate surface area is 183 Å². The van der Waals surface area contributed by atoms with Crippen LogP contribution in [0.5, 0.6) is 11.5 Å². The van der Waals surface area contributed by atoms with Crippen molar-refractivity contribution < 1.29 is 19.1 Å². The molecule has 0 radical (unpaired) electrons. The molecule has 31 heavy (non-hydrogen) atoms. The van der Waals surface area contributed by atoms with Gasteiger partial charge in [-0.05, 0) is 64.0 Å². The Morgan fingerprint density at radius 1 is 0.968 bits per heavy atom. The molecule has 0 atom stereocenters. The van der Waals surface area contributed by atoms with E-state index in [4.69, 9.17) is 9.47 Å². The number of hydrogen-bond donors (Lipinski definition) is 2. The highest BCUT2D eigenvalue weighted by Gasteiger charge is 2.26. The molecule has 7 heteroatoms. The summed E-state index contributed by atoms with van der Waals surface area (Å²) in [5.74, 6) is 1.21. The van der Waals surface area contributed by atoms with Crippen molar-refractivity contribution in [1.82, 2.24) is 4.90 Å². The summed E-state index contributed by atoms with van der Waals surface area (Å²) in [6.07, 6.45) is 1.46. The van der Waals surface area contributed by atoms with Crippen molar-refractivity contribution in [3.8, 4) is 11.5 Å². The number of hydrogen-bond acceptors (Lipinski definition) is 5. The molecule has 2 aromatic rings. The lowest BCUT2D eigenvalue weighted by atomic mass is 9.96. The number of piperidine rings is 1. The fraction of sp³-hybridized carbons (Fsp3) is 0.417. The smallest absolute Gasteiger partial charge is 0.238 e. The molecule has 7 nitrogen and oxygen atoms in total. The Hall–Kier alpha value is -3.06. The number of benzene rings is 2. The van der Waals surface area contributed by atoms with Crippen LogP contribution in [0.15, 0.2) is 48.5 Å². The van der Waals surface area contributed by atoms with E-state index < -0.39 is 0 Å². The summed E-state index contributed by atoms with van der Waals surface area (Å²) in [6, 6.07) is 14.9. The third kappa shape index (κ3) is 6.72. The molecule has 1 aliphatic rings. The molecule has 2 aromatic carbocycles. The van der Waals surface area contributed by atoms with E-state index in [9.17, 15) is 9.59 Å². The van der Waals surface area contributed by atoms with Gasteiger partial charge in [-0.3, -0.25) is 14.5 Å². The molecule has 3 rings (SSSR count). The van der Waals surface area contributed by atoms with Crippen LogP contribution < -0.4 is 20.1 Å². The molecule has 1 aliphatic heterocycles. The van der Waals surface area contributed by atoms with E-state index in [0.29, 0.717) is 43.5 Å². The summed E-state index contributed by atoms with van der Waals surface area (Å²) in [5.41, 5.74) is 1.42. The molecule has 1 fully saturated rings. The monoisotopic (exact) mass is 425 g/mol. The van der Waals surface area contributed by atoms with Gasteiger partial charge in [-0.1, -0.05) is 18.2 Å². The number of ether oxygens (including phenoxy) is 2. The maximum absolute atomic E-state index is 12.6. The molecule has 166 valence electrons. The molecular formula is C24H31N3O4. The van der Waals surface area contributed by atoms with E-state index >= 15 is 0 Å². The molecule has 0 spiro atoms. The van der Waals surface area contributed by atoms with Gasteiger partial charge in [0, 0.05) is 17.7 Å². The molecule has 1 heterocycles. The largest absolute Gasteiger partial charge is 0.494 e. The molecule has 0 unspecified atom stereocenters. The zero-order valence-corrected chi connectivity index (χ0v) is 18.2. The molecule has 1 saturated heterocycles. The minimum Gasteiger partial charge on any atom is -0.494 e. The van der Waals surface area contributed by atoms with Crippen molar-refractivity contribution in [2.24, 2.45) is 5.92 Å². The van der Waals surface area contributed by atoms with Crippen molar-refractivity contribution >= 4 is 23.2 Å². The second-order valence-electron chi connectivity index (χ2n) is 7.48. The number of anilines is 2. The Morgan fingerprint density at radius 3 is 2.35 bits per heavy atom.